The van der Waals surface area contributed by atoms with Crippen LogP contribution in [0.25, 0.3) is 0 Å². The Morgan fingerprint density at radius 3 is 2.76 bits per heavy atom. The lowest BCUT2D eigenvalue weighted by Crippen LogP contribution is -2.29. The average molecular weight is 275 g/mol. The van der Waals surface area contributed by atoms with Crippen LogP contribution >= 0.6 is 0 Å². The minimum atomic E-state index is 0.537. The predicted molar refractivity (Wildman–Crippen MR) is 89.7 cm³/mol. The molecule has 0 aromatic heterocycles. The smallest absolute Gasteiger partial charge is 0.0801 e. The highest BCUT2D eigenvalue weighted by Crippen LogP contribution is 2.31. The van der Waals surface area contributed by atoms with Crippen LogP contribution in [-0.4, -0.2) is 12.6 Å². The minimum absolute atomic E-state index is 0.537. The van der Waals surface area contributed by atoms with E-state index in [0.29, 0.717) is 6.04 Å². The molecule has 21 heavy (non-hydrogen) atoms. The summed E-state index contributed by atoms with van der Waals surface area (Å²) in [5, 5.41) is 0. The van der Waals surface area contributed by atoms with Gasteiger partial charge in [0.1, 0.15) is 0 Å². The number of hydrogen-bond acceptors (Lipinski definition) is 1. The molecule has 3 rings (SSSR count). The summed E-state index contributed by atoms with van der Waals surface area (Å²) >= 11 is 0. The normalized spacial score (nSPS) is 16.3. The second-order valence-corrected chi connectivity index (χ2v) is 5.86. The first kappa shape index (κ1) is 13.8. The number of rotatable bonds is 1. The number of fused-ring (bicyclic) bond motifs is 1. The van der Waals surface area contributed by atoms with Crippen molar-refractivity contribution >= 4 is 5.69 Å². The van der Waals surface area contributed by atoms with Crippen LogP contribution in [-0.2, 0) is 6.42 Å². The van der Waals surface area contributed by atoms with Gasteiger partial charge in [-0.25, -0.2) is 0 Å². The Bertz CT molecular complexity index is 718. The van der Waals surface area contributed by atoms with Gasteiger partial charge in [0.2, 0.25) is 0 Å². The molecule has 1 unspecified atom stereocenters. The molecule has 0 aliphatic carbocycles. The Balaban J connectivity index is 1.80. The van der Waals surface area contributed by atoms with Gasteiger partial charge in [-0.2, -0.15) is 0 Å². The van der Waals surface area contributed by atoms with Crippen LogP contribution in [0.4, 0.5) is 5.69 Å². The maximum Gasteiger partial charge on any atom is 0.0801 e. The third-order valence-corrected chi connectivity index (χ3v) is 4.43. The second kappa shape index (κ2) is 5.66. The minimum Gasteiger partial charge on any atom is -0.357 e. The van der Waals surface area contributed by atoms with Gasteiger partial charge in [0.15, 0.2) is 0 Å². The molecule has 0 fully saturated rings. The van der Waals surface area contributed by atoms with Gasteiger partial charge in [-0.1, -0.05) is 42.2 Å². The third-order valence-electron chi connectivity index (χ3n) is 4.43. The van der Waals surface area contributed by atoms with Gasteiger partial charge in [0.25, 0.3) is 0 Å². The summed E-state index contributed by atoms with van der Waals surface area (Å²) in [6, 6.07) is 15.5. The molecule has 0 spiro atoms. The molecule has 2 aromatic carbocycles. The van der Waals surface area contributed by atoms with Gasteiger partial charge in [0, 0.05) is 17.3 Å². The van der Waals surface area contributed by atoms with E-state index in [1.54, 1.807) is 0 Å². The van der Waals surface area contributed by atoms with Gasteiger partial charge < -0.3 is 4.90 Å². The molecule has 1 nitrogen and oxygen atoms in total. The summed E-state index contributed by atoms with van der Waals surface area (Å²) in [4.78, 5) is 2.41. The predicted octanol–water partition coefficient (Wildman–Crippen LogP) is 4.11. The number of benzene rings is 2. The number of hydrogen-bond donors (Lipinski definition) is 0. The standard InChI is InChI=1S/C20H21N/c1-15-8-6-10-18(17(15)3)11-7-13-21-16(2)14-19-9-4-5-12-20(19)21/h4-6,8-10,12,16H,13-14H2,1-3H3. The molecule has 2 aromatic rings. The molecule has 0 saturated heterocycles. The molecule has 0 saturated carbocycles. The molecule has 0 bridgehead atoms. The lowest BCUT2D eigenvalue weighted by molar-refractivity contribution is 0.711. The van der Waals surface area contributed by atoms with Crippen molar-refractivity contribution < 1.29 is 0 Å². The molecule has 1 atom stereocenters. The lowest BCUT2D eigenvalue weighted by Gasteiger charge is -2.21. The van der Waals surface area contributed by atoms with E-state index in [4.69, 9.17) is 0 Å². The van der Waals surface area contributed by atoms with Gasteiger partial charge in [0.05, 0.1) is 6.54 Å². The molecule has 1 heteroatoms. The van der Waals surface area contributed by atoms with Crippen molar-refractivity contribution in [3.63, 3.8) is 0 Å². The van der Waals surface area contributed by atoms with Gasteiger partial charge in [-0.15, -0.1) is 0 Å². The summed E-state index contributed by atoms with van der Waals surface area (Å²) in [6.07, 6.45) is 1.13. The lowest BCUT2D eigenvalue weighted by atomic mass is 10.0. The first-order chi connectivity index (χ1) is 10.2. The van der Waals surface area contributed by atoms with Gasteiger partial charge >= 0.3 is 0 Å². The monoisotopic (exact) mass is 275 g/mol. The van der Waals surface area contributed by atoms with E-state index in [1.165, 1.54) is 22.4 Å². The fourth-order valence-corrected chi connectivity index (χ4v) is 2.98. The van der Waals surface area contributed by atoms with Crippen LogP contribution in [0.3, 0.4) is 0 Å². The van der Waals surface area contributed by atoms with Crippen molar-refractivity contribution in [2.24, 2.45) is 0 Å². The Hall–Kier alpha value is -2.20. The van der Waals surface area contributed by atoms with Crippen LogP contribution < -0.4 is 4.90 Å². The van der Waals surface area contributed by atoms with E-state index < -0.39 is 0 Å². The Kier molecular flexibility index (Phi) is 3.71. The van der Waals surface area contributed by atoms with E-state index in [1.807, 2.05) is 0 Å². The van der Waals surface area contributed by atoms with Crippen molar-refractivity contribution in [3.05, 3.63) is 64.7 Å². The summed E-state index contributed by atoms with van der Waals surface area (Å²) < 4.78 is 0. The molecular weight excluding hydrogens is 254 g/mol. The van der Waals surface area contributed by atoms with Crippen LogP contribution in [0.5, 0.6) is 0 Å². The second-order valence-electron chi connectivity index (χ2n) is 5.86. The molecule has 0 N–H and O–H groups in total. The van der Waals surface area contributed by atoms with Gasteiger partial charge in [-0.3, -0.25) is 0 Å². The molecule has 0 amide bonds. The van der Waals surface area contributed by atoms with Crippen LogP contribution in [0.15, 0.2) is 42.5 Å². The molecule has 106 valence electrons. The summed E-state index contributed by atoms with van der Waals surface area (Å²) in [5.41, 5.74) is 6.54. The Morgan fingerprint density at radius 2 is 1.90 bits per heavy atom. The fourth-order valence-electron chi connectivity index (χ4n) is 2.98. The van der Waals surface area contributed by atoms with Crippen molar-refractivity contribution in [1.29, 1.82) is 0 Å². The zero-order chi connectivity index (χ0) is 14.8. The average Bonchev–Trinajstić information content (AvgIpc) is 2.80. The highest BCUT2D eigenvalue weighted by molar-refractivity contribution is 5.60. The van der Waals surface area contributed by atoms with E-state index in [-0.39, 0.29) is 0 Å². The number of nitrogens with zero attached hydrogens (tertiary/aromatic N) is 1. The summed E-state index contributed by atoms with van der Waals surface area (Å²) in [5.74, 6) is 6.70. The first-order valence-electron chi connectivity index (χ1n) is 7.56. The highest BCUT2D eigenvalue weighted by Gasteiger charge is 2.24. The number of anilines is 1. The van der Waals surface area contributed by atoms with E-state index in [9.17, 15) is 0 Å². The Labute approximate surface area is 127 Å². The van der Waals surface area contributed by atoms with E-state index >= 15 is 0 Å². The quantitative estimate of drug-likeness (QED) is 0.708. The maximum atomic E-state index is 3.36. The fraction of sp³-hybridized carbons (Fsp3) is 0.300. The van der Waals surface area contributed by atoms with Crippen LogP contribution in [0.2, 0.25) is 0 Å². The van der Waals surface area contributed by atoms with Crippen molar-refractivity contribution in [1.82, 2.24) is 0 Å². The molecule has 1 aliphatic heterocycles. The highest BCUT2D eigenvalue weighted by atomic mass is 15.2. The van der Waals surface area contributed by atoms with Crippen molar-refractivity contribution in [3.8, 4) is 11.8 Å². The largest absolute Gasteiger partial charge is 0.357 e. The number of aryl methyl sites for hydroxylation is 1. The van der Waals surface area contributed by atoms with Crippen molar-refractivity contribution in [2.75, 3.05) is 11.4 Å². The maximum absolute atomic E-state index is 3.36. The van der Waals surface area contributed by atoms with Gasteiger partial charge in [-0.05, 0) is 56.0 Å². The first-order valence-corrected chi connectivity index (χ1v) is 7.56. The summed E-state index contributed by atoms with van der Waals surface area (Å²) in [7, 11) is 0. The zero-order valence-corrected chi connectivity index (χ0v) is 13.0. The van der Waals surface area contributed by atoms with E-state index in [2.05, 4.69) is 80.0 Å². The zero-order valence-electron chi connectivity index (χ0n) is 13.0. The van der Waals surface area contributed by atoms with Crippen LogP contribution in [0, 0.1) is 25.7 Å². The molecule has 1 heterocycles. The topological polar surface area (TPSA) is 3.24 Å². The molecular formula is C20H21N. The SMILES string of the molecule is Cc1cccc(C#CCN2c3ccccc3CC2C)c1C. The van der Waals surface area contributed by atoms with Crippen LogP contribution in [0.1, 0.15) is 29.2 Å². The third kappa shape index (κ3) is 2.67. The molecule has 0 radical (unpaired) electrons. The Morgan fingerprint density at radius 1 is 1.10 bits per heavy atom. The summed E-state index contributed by atoms with van der Waals surface area (Å²) in [6.45, 7) is 7.36. The molecule has 1 aliphatic rings. The number of para-hydroxylation sites is 1. The van der Waals surface area contributed by atoms with Crippen molar-refractivity contribution in [2.45, 2.75) is 33.2 Å². The van der Waals surface area contributed by atoms with E-state index in [0.717, 1.165) is 18.5 Å².